The van der Waals surface area contributed by atoms with E-state index in [-0.39, 0.29) is 38.0 Å². The Morgan fingerprint density at radius 1 is 1.35 bits per heavy atom. The number of aliphatic hydroxyl groups is 2. The lowest BCUT2D eigenvalue weighted by Crippen LogP contribution is -2.42. The summed E-state index contributed by atoms with van der Waals surface area (Å²) in [5.74, 6) is 0.219. The molecule has 2 aromatic rings. The normalized spacial score (nSPS) is 22.6. The van der Waals surface area contributed by atoms with Gasteiger partial charge in [0.15, 0.2) is 5.82 Å². The van der Waals surface area contributed by atoms with E-state index in [1.54, 1.807) is 9.80 Å². The molecule has 1 saturated heterocycles. The summed E-state index contributed by atoms with van der Waals surface area (Å²) in [5.41, 5.74) is 6.59. The molecule has 6 N–H and O–H groups in total. The van der Waals surface area contributed by atoms with Crippen LogP contribution in [0.2, 0.25) is 0 Å². The number of nitrogens with two attached hydrogens (primary N) is 1. The molecule has 0 unspecified atom stereocenters. The number of rotatable bonds is 7. The third-order valence-corrected chi connectivity index (χ3v) is 5.45. The van der Waals surface area contributed by atoms with Gasteiger partial charge in [-0.05, 0) is 5.56 Å². The molecule has 4 rings (SSSR count). The summed E-state index contributed by atoms with van der Waals surface area (Å²) in [6.45, 7) is 0.674. The number of carbonyl (C=O) groups is 1. The molecule has 31 heavy (non-hydrogen) atoms. The van der Waals surface area contributed by atoms with Crippen LogP contribution >= 0.6 is 0 Å². The average Bonchev–Trinajstić information content (AvgIpc) is 3.29. The Balaban J connectivity index is 1.43. The second-order valence-corrected chi connectivity index (χ2v) is 7.63. The van der Waals surface area contributed by atoms with Gasteiger partial charge >= 0.3 is 0 Å². The van der Waals surface area contributed by atoms with E-state index in [0.717, 1.165) is 5.56 Å². The lowest BCUT2D eigenvalue weighted by molar-refractivity contribution is -0.120. The zero-order valence-electron chi connectivity index (χ0n) is 16.9. The third-order valence-electron chi connectivity index (χ3n) is 5.45. The number of aliphatic hydroxyl groups excluding tert-OH is 2. The van der Waals surface area contributed by atoms with Crippen molar-refractivity contribution in [3.05, 3.63) is 46.2 Å². The van der Waals surface area contributed by atoms with Crippen LogP contribution in [0.4, 0.5) is 17.5 Å². The maximum atomic E-state index is 12.6. The first kappa shape index (κ1) is 21.1. The topological polar surface area (TPSA) is 157 Å². The highest BCUT2D eigenvalue weighted by molar-refractivity contribution is 5.78. The summed E-state index contributed by atoms with van der Waals surface area (Å²) in [4.78, 5) is 35.1. The van der Waals surface area contributed by atoms with Gasteiger partial charge < -0.3 is 35.8 Å². The van der Waals surface area contributed by atoms with E-state index in [1.165, 1.54) is 0 Å². The van der Waals surface area contributed by atoms with Gasteiger partial charge in [-0.2, -0.15) is 4.98 Å². The SMILES string of the molecule is Nc1nc2c(c(=O)[nH]1)N(CCNC(=O)Cc1ccccc1)CN2[C@H]1C[C@H](O)[C@@H](CO)O1. The van der Waals surface area contributed by atoms with Gasteiger partial charge in [0.05, 0.1) is 25.8 Å². The molecule has 2 aliphatic rings. The van der Waals surface area contributed by atoms with Gasteiger partial charge in [0.2, 0.25) is 11.9 Å². The minimum absolute atomic E-state index is 0.0241. The minimum atomic E-state index is -0.816. The molecule has 166 valence electrons. The van der Waals surface area contributed by atoms with Crippen LogP contribution in [0, 0.1) is 0 Å². The molecule has 3 heterocycles. The number of H-pyrrole nitrogens is 1. The molecule has 1 amide bonds. The molecule has 0 radical (unpaired) electrons. The number of carbonyl (C=O) groups excluding carboxylic acids is 1. The molecule has 1 aromatic heterocycles. The Morgan fingerprint density at radius 2 is 2.13 bits per heavy atom. The van der Waals surface area contributed by atoms with Gasteiger partial charge in [-0.25, -0.2) is 0 Å². The zero-order chi connectivity index (χ0) is 22.0. The van der Waals surface area contributed by atoms with Crippen LogP contribution in [0.5, 0.6) is 0 Å². The van der Waals surface area contributed by atoms with E-state index >= 15 is 0 Å². The molecule has 0 aliphatic carbocycles. The Kier molecular flexibility index (Phi) is 6.07. The number of nitrogens with one attached hydrogen (secondary N) is 2. The fourth-order valence-electron chi connectivity index (χ4n) is 3.93. The summed E-state index contributed by atoms with van der Waals surface area (Å²) in [6.07, 6.45) is -1.53. The number of anilines is 3. The van der Waals surface area contributed by atoms with Crippen LogP contribution < -0.4 is 26.4 Å². The van der Waals surface area contributed by atoms with Gasteiger partial charge in [0.25, 0.3) is 5.56 Å². The maximum absolute atomic E-state index is 12.6. The number of nitrogen functional groups attached to an aromatic ring is 1. The first-order valence-electron chi connectivity index (χ1n) is 10.1. The monoisotopic (exact) mass is 430 g/mol. The van der Waals surface area contributed by atoms with Crippen LogP contribution in [0.25, 0.3) is 0 Å². The first-order chi connectivity index (χ1) is 15.0. The van der Waals surface area contributed by atoms with Crippen molar-refractivity contribution < 1.29 is 19.7 Å². The number of aromatic amines is 1. The number of hydrogen-bond acceptors (Lipinski definition) is 9. The Hall–Kier alpha value is -3.15. The highest BCUT2D eigenvalue weighted by Crippen LogP contribution is 2.36. The van der Waals surface area contributed by atoms with Crippen molar-refractivity contribution in [1.29, 1.82) is 0 Å². The third kappa shape index (κ3) is 4.48. The van der Waals surface area contributed by atoms with Gasteiger partial charge in [0, 0.05) is 19.5 Å². The van der Waals surface area contributed by atoms with Crippen molar-refractivity contribution >= 4 is 23.4 Å². The highest BCUT2D eigenvalue weighted by atomic mass is 16.5. The predicted molar refractivity (Wildman–Crippen MR) is 113 cm³/mol. The van der Waals surface area contributed by atoms with Crippen molar-refractivity contribution in [1.82, 2.24) is 15.3 Å². The summed E-state index contributed by atoms with van der Waals surface area (Å²) in [7, 11) is 0. The quantitative estimate of drug-likeness (QED) is 0.362. The van der Waals surface area contributed by atoms with Crippen LogP contribution in [0.3, 0.4) is 0 Å². The van der Waals surface area contributed by atoms with E-state index in [4.69, 9.17) is 10.5 Å². The molecular formula is C20H26N6O5. The zero-order valence-corrected chi connectivity index (χ0v) is 16.9. The highest BCUT2D eigenvalue weighted by Gasteiger charge is 2.42. The first-order valence-corrected chi connectivity index (χ1v) is 10.1. The second-order valence-electron chi connectivity index (χ2n) is 7.63. The Bertz CT molecular complexity index is 984. The summed E-state index contributed by atoms with van der Waals surface area (Å²) in [5, 5.41) is 22.3. The van der Waals surface area contributed by atoms with Crippen molar-refractivity contribution in [2.24, 2.45) is 0 Å². The maximum Gasteiger partial charge on any atom is 0.278 e. The number of aromatic nitrogens is 2. The summed E-state index contributed by atoms with van der Waals surface area (Å²) in [6, 6.07) is 9.43. The van der Waals surface area contributed by atoms with E-state index in [0.29, 0.717) is 24.6 Å². The van der Waals surface area contributed by atoms with Crippen LogP contribution in [-0.4, -0.2) is 70.9 Å². The minimum Gasteiger partial charge on any atom is -0.394 e. The molecule has 3 atom stereocenters. The molecule has 0 saturated carbocycles. The van der Waals surface area contributed by atoms with E-state index in [2.05, 4.69) is 15.3 Å². The molecule has 1 aromatic carbocycles. The smallest absolute Gasteiger partial charge is 0.278 e. The van der Waals surface area contributed by atoms with Gasteiger partial charge in [0.1, 0.15) is 18.0 Å². The molecule has 2 aliphatic heterocycles. The number of nitrogens with zero attached hydrogens (tertiary/aromatic N) is 3. The lowest BCUT2D eigenvalue weighted by atomic mass is 10.1. The number of amides is 1. The lowest BCUT2D eigenvalue weighted by Gasteiger charge is -2.26. The van der Waals surface area contributed by atoms with Crippen molar-refractivity contribution in [3.63, 3.8) is 0 Å². The van der Waals surface area contributed by atoms with Gasteiger partial charge in [-0.3, -0.25) is 14.6 Å². The molecule has 0 spiro atoms. The molecule has 1 fully saturated rings. The predicted octanol–water partition coefficient (Wildman–Crippen LogP) is -1.24. The summed E-state index contributed by atoms with van der Waals surface area (Å²) >= 11 is 0. The number of ether oxygens (including phenoxy) is 1. The van der Waals surface area contributed by atoms with E-state index in [1.807, 2.05) is 30.3 Å². The van der Waals surface area contributed by atoms with Crippen molar-refractivity contribution in [3.8, 4) is 0 Å². The van der Waals surface area contributed by atoms with Crippen molar-refractivity contribution in [2.45, 2.75) is 31.3 Å². The van der Waals surface area contributed by atoms with Gasteiger partial charge in [-0.15, -0.1) is 0 Å². The average molecular weight is 430 g/mol. The van der Waals surface area contributed by atoms with Crippen LogP contribution in [0.1, 0.15) is 12.0 Å². The standard InChI is InChI=1S/C20H26N6O5/c21-20-23-18-17(19(30)24-20)25(11-26(18)16-9-13(28)14(10-27)31-16)7-6-22-15(29)8-12-4-2-1-3-5-12/h1-5,13-14,16,27-28H,6-11H2,(H,22,29)(H3,21,23,24,30)/t13-,14+,16+/m0/s1. The summed E-state index contributed by atoms with van der Waals surface area (Å²) < 4.78 is 5.74. The fourth-order valence-corrected chi connectivity index (χ4v) is 3.93. The Labute approximate surface area is 178 Å². The van der Waals surface area contributed by atoms with Gasteiger partial charge in [-0.1, -0.05) is 30.3 Å². The van der Waals surface area contributed by atoms with E-state index < -0.39 is 24.0 Å². The number of hydrogen-bond donors (Lipinski definition) is 5. The second kappa shape index (κ2) is 8.92. The fraction of sp³-hybridized carbons (Fsp3) is 0.450. The molecule has 11 nitrogen and oxygen atoms in total. The van der Waals surface area contributed by atoms with Crippen LogP contribution in [0.15, 0.2) is 35.1 Å². The number of benzene rings is 1. The molecular weight excluding hydrogens is 404 g/mol. The Morgan fingerprint density at radius 3 is 2.84 bits per heavy atom. The van der Waals surface area contributed by atoms with E-state index in [9.17, 15) is 19.8 Å². The molecule has 0 bridgehead atoms. The molecule has 11 heteroatoms. The van der Waals surface area contributed by atoms with Crippen LogP contribution in [-0.2, 0) is 16.0 Å². The largest absolute Gasteiger partial charge is 0.394 e. The number of fused-ring (bicyclic) bond motifs is 1. The van der Waals surface area contributed by atoms with Crippen molar-refractivity contribution in [2.75, 3.05) is 41.9 Å².